The van der Waals surface area contributed by atoms with Gasteiger partial charge in [-0.1, -0.05) is 25.1 Å². The van der Waals surface area contributed by atoms with Crippen LogP contribution in [0.5, 0.6) is 0 Å². The number of benzene rings is 1. The molecule has 1 aromatic rings. The highest BCUT2D eigenvalue weighted by Crippen LogP contribution is 2.48. The fourth-order valence-corrected chi connectivity index (χ4v) is 2.03. The Morgan fingerprint density at radius 2 is 2.07 bits per heavy atom. The van der Waals surface area contributed by atoms with E-state index in [0.717, 1.165) is 25.1 Å². The molecule has 1 saturated carbocycles. The highest BCUT2D eigenvalue weighted by Gasteiger charge is 2.42. The average Bonchev–Trinajstić information content (AvgIpc) is 3.00. The van der Waals surface area contributed by atoms with Crippen molar-refractivity contribution in [1.82, 2.24) is 5.32 Å². The maximum atomic E-state index is 13.4. The van der Waals surface area contributed by atoms with Crippen molar-refractivity contribution in [3.05, 3.63) is 35.6 Å². The Bertz CT molecular complexity index is 331. The summed E-state index contributed by atoms with van der Waals surface area (Å²) in [5.74, 6) is -0.0553. The molecular formula is C13H18FN. The highest BCUT2D eigenvalue weighted by molar-refractivity contribution is 5.21. The van der Waals surface area contributed by atoms with Crippen LogP contribution in [0.1, 0.15) is 25.3 Å². The van der Waals surface area contributed by atoms with Crippen molar-refractivity contribution < 1.29 is 4.39 Å². The fourth-order valence-electron chi connectivity index (χ4n) is 2.03. The predicted molar refractivity (Wildman–Crippen MR) is 60.3 cm³/mol. The van der Waals surface area contributed by atoms with Crippen LogP contribution >= 0.6 is 0 Å². The SMILES string of the molecule is CCNCC1(Cc2ccccc2F)CC1. The number of hydrogen-bond donors (Lipinski definition) is 1. The minimum atomic E-state index is -0.0553. The van der Waals surface area contributed by atoms with Gasteiger partial charge in [0.25, 0.3) is 0 Å². The van der Waals surface area contributed by atoms with E-state index in [-0.39, 0.29) is 5.82 Å². The van der Waals surface area contributed by atoms with Crippen molar-refractivity contribution >= 4 is 0 Å². The number of halogens is 1. The third-order valence-electron chi connectivity index (χ3n) is 3.23. The molecule has 1 N–H and O–H groups in total. The summed E-state index contributed by atoms with van der Waals surface area (Å²) >= 11 is 0. The molecule has 0 aliphatic heterocycles. The smallest absolute Gasteiger partial charge is 0.126 e. The quantitative estimate of drug-likeness (QED) is 0.783. The largest absolute Gasteiger partial charge is 0.316 e. The zero-order valence-corrected chi connectivity index (χ0v) is 9.22. The molecule has 1 aliphatic rings. The molecule has 82 valence electrons. The second-order valence-electron chi connectivity index (χ2n) is 4.55. The number of nitrogens with one attached hydrogen (secondary N) is 1. The van der Waals surface area contributed by atoms with Gasteiger partial charge in [0.15, 0.2) is 0 Å². The van der Waals surface area contributed by atoms with E-state index < -0.39 is 0 Å². The lowest BCUT2D eigenvalue weighted by atomic mass is 9.96. The summed E-state index contributed by atoms with van der Waals surface area (Å²) in [4.78, 5) is 0. The summed E-state index contributed by atoms with van der Waals surface area (Å²) in [6, 6.07) is 7.13. The van der Waals surface area contributed by atoms with E-state index in [4.69, 9.17) is 0 Å². The van der Waals surface area contributed by atoms with Crippen LogP contribution < -0.4 is 5.32 Å². The Morgan fingerprint density at radius 3 is 2.67 bits per heavy atom. The Balaban J connectivity index is 1.99. The van der Waals surface area contributed by atoms with Gasteiger partial charge in [-0.25, -0.2) is 4.39 Å². The summed E-state index contributed by atoms with van der Waals surface area (Å²) in [5.41, 5.74) is 1.21. The molecule has 0 saturated heterocycles. The van der Waals surface area contributed by atoms with Gasteiger partial charge in [0.2, 0.25) is 0 Å². The number of hydrogen-bond acceptors (Lipinski definition) is 1. The van der Waals surface area contributed by atoms with Gasteiger partial charge in [0.1, 0.15) is 5.82 Å². The van der Waals surface area contributed by atoms with E-state index in [1.807, 2.05) is 12.1 Å². The molecule has 1 fully saturated rings. The average molecular weight is 207 g/mol. The molecule has 0 heterocycles. The summed E-state index contributed by atoms with van der Waals surface area (Å²) < 4.78 is 13.4. The predicted octanol–water partition coefficient (Wildman–Crippen LogP) is 2.76. The van der Waals surface area contributed by atoms with Gasteiger partial charge in [-0.15, -0.1) is 0 Å². The lowest BCUT2D eigenvalue weighted by Gasteiger charge is -2.15. The minimum Gasteiger partial charge on any atom is -0.316 e. The van der Waals surface area contributed by atoms with Crippen molar-refractivity contribution in [2.24, 2.45) is 5.41 Å². The first-order valence-corrected chi connectivity index (χ1v) is 5.70. The molecule has 0 unspecified atom stereocenters. The van der Waals surface area contributed by atoms with E-state index in [2.05, 4.69) is 12.2 Å². The molecule has 1 aromatic carbocycles. The summed E-state index contributed by atoms with van der Waals surface area (Å²) in [6.07, 6.45) is 3.34. The molecule has 0 bridgehead atoms. The van der Waals surface area contributed by atoms with Crippen LogP contribution in [-0.4, -0.2) is 13.1 Å². The second kappa shape index (κ2) is 4.31. The molecular weight excluding hydrogens is 189 g/mol. The topological polar surface area (TPSA) is 12.0 Å². The lowest BCUT2D eigenvalue weighted by molar-refractivity contribution is 0.452. The van der Waals surface area contributed by atoms with E-state index in [1.165, 1.54) is 12.8 Å². The van der Waals surface area contributed by atoms with Gasteiger partial charge in [0, 0.05) is 6.54 Å². The standard InChI is InChI=1S/C13H18FN/c1-2-15-10-13(7-8-13)9-11-5-3-4-6-12(11)14/h3-6,15H,2,7-10H2,1H3. The van der Waals surface area contributed by atoms with Gasteiger partial charge < -0.3 is 5.32 Å². The van der Waals surface area contributed by atoms with Crippen molar-refractivity contribution in [2.75, 3.05) is 13.1 Å². The maximum absolute atomic E-state index is 13.4. The van der Waals surface area contributed by atoms with Gasteiger partial charge >= 0.3 is 0 Å². The molecule has 0 aromatic heterocycles. The van der Waals surface area contributed by atoms with Gasteiger partial charge in [0.05, 0.1) is 0 Å². The Kier molecular flexibility index (Phi) is 3.06. The highest BCUT2D eigenvalue weighted by atomic mass is 19.1. The van der Waals surface area contributed by atoms with Crippen molar-refractivity contribution in [3.8, 4) is 0 Å². The van der Waals surface area contributed by atoms with E-state index in [9.17, 15) is 4.39 Å². The molecule has 0 radical (unpaired) electrons. The Hall–Kier alpha value is -0.890. The first-order chi connectivity index (χ1) is 7.26. The van der Waals surface area contributed by atoms with Crippen molar-refractivity contribution in [1.29, 1.82) is 0 Å². The Morgan fingerprint density at radius 1 is 1.33 bits per heavy atom. The van der Waals surface area contributed by atoms with Gasteiger partial charge in [-0.05, 0) is 42.9 Å². The third kappa shape index (κ3) is 2.57. The van der Waals surface area contributed by atoms with Crippen LogP contribution in [0.15, 0.2) is 24.3 Å². The maximum Gasteiger partial charge on any atom is 0.126 e. The Labute approximate surface area is 90.7 Å². The van der Waals surface area contributed by atoms with Gasteiger partial charge in [-0.3, -0.25) is 0 Å². The first kappa shape index (κ1) is 10.6. The second-order valence-corrected chi connectivity index (χ2v) is 4.55. The molecule has 0 spiro atoms. The van der Waals surface area contributed by atoms with Crippen molar-refractivity contribution in [3.63, 3.8) is 0 Å². The summed E-state index contributed by atoms with van der Waals surface area (Å²) in [6.45, 7) is 4.13. The molecule has 15 heavy (non-hydrogen) atoms. The van der Waals surface area contributed by atoms with E-state index in [0.29, 0.717) is 5.41 Å². The van der Waals surface area contributed by atoms with Crippen LogP contribution in [0.3, 0.4) is 0 Å². The van der Waals surface area contributed by atoms with E-state index >= 15 is 0 Å². The van der Waals surface area contributed by atoms with Crippen LogP contribution in [0, 0.1) is 11.2 Å². The molecule has 2 rings (SSSR count). The zero-order valence-electron chi connectivity index (χ0n) is 9.22. The van der Waals surface area contributed by atoms with Crippen LogP contribution in [0.25, 0.3) is 0 Å². The van der Waals surface area contributed by atoms with Crippen LogP contribution in [0.4, 0.5) is 4.39 Å². The molecule has 1 aliphatic carbocycles. The molecule has 2 heteroatoms. The summed E-state index contributed by atoms with van der Waals surface area (Å²) in [5, 5.41) is 3.37. The normalized spacial score (nSPS) is 17.7. The fraction of sp³-hybridized carbons (Fsp3) is 0.538. The molecule has 1 nitrogen and oxygen atoms in total. The number of rotatable bonds is 5. The van der Waals surface area contributed by atoms with Gasteiger partial charge in [-0.2, -0.15) is 0 Å². The first-order valence-electron chi connectivity index (χ1n) is 5.70. The minimum absolute atomic E-state index is 0.0553. The molecule has 0 amide bonds. The molecule has 0 atom stereocenters. The monoisotopic (exact) mass is 207 g/mol. The summed E-state index contributed by atoms with van der Waals surface area (Å²) in [7, 11) is 0. The zero-order chi connectivity index (χ0) is 10.7. The van der Waals surface area contributed by atoms with Crippen LogP contribution in [-0.2, 0) is 6.42 Å². The van der Waals surface area contributed by atoms with Crippen molar-refractivity contribution in [2.45, 2.75) is 26.2 Å². The lowest BCUT2D eigenvalue weighted by Crippen LogP contribution is -2.25. The third-order valence-corrected chi connectivity index (χ3v) is 3.23. The van der Waals surface area contributed by atoms with E-state index in [1.54, 1.807) is 12.1 Å². The van der Waals surface area contributed by atoms with Crippen LogP contribution in [0.2, 0.25) is 0 Å².